The minimum absolute atomic E-state index is 0.231. The van der Waals surface area contributed by atoms with Gasteiger partial charge in [-0.25, -0.2) is 0 Å². The van der Waals surface area contributed by atoms with Gasteiger partial charge in [0.05, 0.1) is 6.61 Å². The minimum Gasteiger partial charge on any atom is -0.494 e. The number of benzene rings is 2. The molecule has 2 aromatic rings. The number of rotatable bonds is 5. The largest absolute Gasteiger partial charge is 0.573 e. The first-order chi connectivity index (χ1) is 10.5. The maximum atomic E-state index is 12.1. The quantitative estimate of drug-likeness (QED) is 0.711. The van der Waals surface area contributed by atoms with Crippen LogP contribution in [0.1, 0.15) is 18.1 Å². The summed E-state index contributed by atoms with van der Waals surface area (Å²) in [7, 11) is 0. The van der Waals surface area contributed by atoms with Gasteiger partial charge in [-0.3, -0.25) is 0 Å². The first-order valence-corrected chi connectivity index (χ1v) is 6.73. The zero-order valence-corrected chi connectivity index (χ0v) is 11.9. The average Bonchev–Trinajstić information content (AvgIpc) is 2.47. The van der Waals surface area contributed by atoms with Crippen molar-refractivity contribution in [3.05, 3.63) is 59.7 Å². The molecule has 0 N–H and O–H groups in total. The van der Waals surface area contributed by atoms with Gasteiger partial charge in [0.25, 0.3) is 0 Å². The predicted octanol–water partition coefficient (Wildman–Crippen LogP) is 5.15. The van der Waals surface area contributed by atoms with E-state index in [-0.39, 0.29) is 5.75 Å². The molecule has 0 atom stereocenters. The lowest BCUT2D eigenvalue weighted by Gasteiger charge is -2.08. The van der Waals surface area contributed by atoms with Crippen LogP contribution in [-0.4, -0.2) is 13.0 Å². The molecule has 0 saturated heterocycles. The molecule has 22 heavy (non-hydrogen) atoms. The monoisotopic (exact) mass is 308 g/mol. The van der Waals surface area contributed by atoms with E-state index < -0.39 is 6.36 Å². The zero-order chi connectivity index (χ0) is 16.0. The van der Waals surface area contributed by atoms with Gasteiger partial charge in [0.15, 0.2) is 0 Å². The van der Waals surface area contributed by atoms with E-state index in [1.54, 1.807) is 12.1 Å². The maximum Gasteiger partial charge on any atom is 0.573 e. The van der Waals surface area contributed by atoms with Crippen LogP contribution < -0.4 is 9.47 Å². The molecule has 0 fully saturated rings. The fourth-order valence-corrected chi connectivity index (χ4v) is 1.81. The first kappa shape index (κ1) is 15.9. The lowest BCUT2D eigenvalue weighted by Crippen LogP contribution is -2.16. The van der Waals surface area contributed by atoms with Gasteiger partial charge in [-0.2, -0.15) is 0 Å². The molecule has 0 aliphatic rings. The Kier molecular flexibility index (Phi) is 5.09. The van der Waals surface area contributed by atoms with Gasteiger partial charge in [-0.15, -0.1) is 13.2 Å². The number of hydrogen-bond donors (Lipinski definition) is 0. The van der Waals surface area contributed by atoms with Gasteiger partial charge in [-0.05, 0) is 42.3 Å². The molecule has 0 aromatic heterocycles. The Morgan fingerprint density at radius 1 is 0.818 bits per heavy atom. The highest BCUT2D eigenvalue weighted by atomic mass is 19.4. The second kappa shape index (κ2) is 7.02. The summed E-state index contributed by atoms with van der Waals surface area (Å²) in [5.41, 5.74) is 1.75. The van der Waals surface area contributed by atoms with Crippen LogP contribution in [0.4, 0.5) is 13.2 Å². The van der Waals surface area contributed by atoms with Crippen molar-refractivity contribution >= 4 is 12.2 Å². The number of hydrogen-bond acceptors (Lipinski definition) is 2. The van der Waals surface area contributed by atoms with Gasteiger partial charge < -0.3 is 9.47 Å². The molecule has 0 aliphatic carbocycles. The molecule has 0 aliphatic heterocycles. The molecule has 116 valence electrons. The molecule has 5 heteroatoms. The first-order valence-electron chi connectivity index (χ1n) is 6.73. The van der Waals surface area contributed by atoms with Gasteiger partial charge >= 0.3 is 6.36 Å². The van der Waals surface area contributed by atoms with Crippen molar-refractivity contribution in [2.24, 2.45) is 0 Å². The van der Waals surface area contributed by atoms with Gasteiger partial charge in [0.2, 0.25) is 0 Å². The van der Waals surface area contributed by atoms with Crippen molar-refractivity contribution in [3.63, 3.8) is 0 Å². The molecule has 2 nitrogen and oxygen atoms in total. The summed E-state index contributed by atoms with van der Waals surface area (Å²) in [6, 6.07) is 13.2. The average molecular weight is 308 g/mol. The predicted molar refractivity (Wildman–Crippen MR) is 79.7 cm³/mol. The van der Waals surface area contributed by atoms with Crippen LogP contribution in [0.25, 0.3) is 12.2 Å². The Morgan fingerprint density at radius 3 is 1.68 bits per heavy atom. The Hall–Kier alpha value is -2.43. The lowest BCUT2D eigenvalue weighted by molar-refractivity contribution is -0.274. The molecule has 2 aromatic carbocycles. The van der Waals surface area contributed by atoms with Crippen molar-refractivity contribution in [3.8, 4) is 11.5 Å². The van der Waals surface area contributed by atoms with E-state index in [0.29, 0.717) is 6.61 Å². The van der Waals surface area contributed by atoms with Crippen LogP contribution in [0.3, 0.4) is 0 Å². The van der Waals surface area contributed by atoms with Crippen LogP contribution in [0.2, 0.25) is 0 Å². The molecule has 0 bridgehead atoms. The fourth-order valence-electron chi connectivity index (χ4n) is 1.81. The number of alkyl halides is 3. The Bertz CT molecular complexity index is 614. The van der Waals surface area contributed by atoms with Crippen molar-refractivity contribution in [2.75, 3.05) is 6.61 Å². The molecule has 2 rings (SSSR count). The summed E-state index contributed by atoms with van der Waals surface area (Å²) in [5, 5.41) is 0. The molecular formula is C17H15F3O2. The van der Waals surface area contributed by atoms with E-state index in [1.807, 2.05) is 43.3 Å². The molecular weight excluding hydrogens is 293 g/mol. The third-order valence-electron chi connectivity index (χ3n) is 2.77. The maximum absolute atomic E-state index is 12.1. The highest BCUT2D eigenvalue weighted by Gasteiger charge is 2.30. The second-order valence-corrected chi connectivity index (χ2v) is 4.45. The van der Waals surface area contributed by atoms with Crippen molar-refractivity contribution in [1.82, 2.24) is 0 Å². The Labute approximate surface area is 126 Å². The Balaban J connectivity index is 2.00. The van der Waals surface area contributed by atoms with Crippen LogP contribution in [0.15, 0.2) is 48.5 Å². The highest BCUT2D eigenvalue weighted by molar-refractivity contribution is 5.70. The van der Waals surface area contributed by atoms with Crippen molar-refractivity contribution in [1.29, 1.82) is 0 Å². The zero-order valence-electron chi connectivity index (χ0n) is 11.9. The molecule has 0 heterocycles. The second-order valence-electron chi connectivity index (χ2n) is 4.45. The molecule has 0 radical (unpaired) electrons. The number of ether oxygens (including phenoxy) is 2. The summed E-state index contributed by atoms with van der Waals surface area (Å²) in [6.07, 6.45) is -0.984. The van der Waals surface area contributed by atoms with Gasteiger partial charge in [0.1, 0.15) is 11.5 Å². The molecule has 0 saturated carbocycles. The smallest absolute Gasteiger partial charge is 0.494 e. The van der Waals surface area contributed by atoms with Crippen LogP contribution in [-0.2, 0) is 0 Å². The van der Waals surface area contributed by atoms with Gasteiger partial charge in [-0.1, -0.05) is 36.4 Å². The summed E-state index contributed by atoms with van der Waals surface area (Å²) in [6.45, 7) is 2.53. The van der Waals surface area contributed by atoms with Crippen LogP contribution in [0.5, 0.6) is 11.5 Å². The standard InChI is InChI=1S/C17H15F3O2/c1-2-21-15-9-5-13(6-10-15)3-4-14-7-11-16(12-8-14)22-17(18,19)20/h3-12H,2H2,1H3. The normalized spacial score (nSPS) is 11.6. The molecule has 0 spiro atoms. The van der Waals surface area contributed by atoms with E-state index in [0.717, 1.165) is 16.9 Å². The third-order valence-corrected chi connectivity index (χ3v) is 2.77. The van der Waals surface area contributed by atoms with Crippen molar-refractivity contribution in [2.45, 2.75) is 13.3 Å². The summed E-state index contributed by atoms with van der Waals surface area (Å²) in [4.78, 5) is 0. The SMILES string of the molecule is CCOc1ccc(C=Cc2ccc(OC(F)(F)F)cc2)cc1. The van der Waals surface area contributed by atoms with Crippen LogP contribution in [0, 0.1) is 0 Å². The third kappa shape index (κ3) is 5.16. The molecule has 0 amide bonds. The Morgan fingerprint density at radius 2 is 1.27 bits per heavy atom. The molecule has 0 unspecified atom stereocenters. The minimum atomic E-state index is -4.67. The van der Waals surface area contributed by atoms with E-state index in [9.17, 15) is 13.2 Å². The van der Waals surface area contributed by atoms with E-state index >= 15 is 0 Å². The van der Waals surface area contributed by atoms with Crippen molar-refractivity contribution < 1.29 is 22.6 Å². The fraction of sp³-hybridized carbons (Fsp3) is 0.176. The lowest BCUT2D eigenvalue weighted by atomic mass is 10.1. The highest BCUT2D eigenvalue weighted by Crippen LogP contribution is 2.23. The summed E-state index contributed by atoms with van der Waals surface area (Å²) in [5.74, 6) is 0.569. The van der Waals surface area contributed by atoms with Gasteiger partial charge in [0, 0.05) is 0 Å². The topological polar surface area (TPSA) is 18.5 Å². The van der Waals surface area contributed by atoms with E-state index in [2.05, 4.69) is 4.74 Å². The summed E-state index contributed by atoms with van der Waals surface area (Å²) >= 11 is 0. The number of halogens is 3. The van der Waals surface area contributed by atoms with Crippen LogP contribution >= 0.6 is 0 Å². The summed E-state index contributed by atoms with van der Waals surface area (Å²) < 4.78 is 45.3. The van der Waals surface area contributed by atoms with E-state index in [4.69, 9.17) is 4.74 Å². The van der Waals surface area contributed by atoms with E-state index in [1.165, 1.54) is 12.1 Å².